The number of thioether (sulfide) groups is 1. The average Bonchev–Trinajstić information content (AvgIpc) is 2.56. The van der Waals surface area contributed by atoms with Gasteiger partial charge in [0.2, 0.25) is 0 Å². The number of nitrogens with zero attached hydrogens (tertiary/aromatic N) is 2. The van der Waals surface area contributed by atoms with E-state index in [1.54, 1.807) is 13.3 Å². The third kappa shape index (κ3) is 5.50. The number of hydrogen-bond donors (Lipinski definition) is 0. The molecule has 0 N–H and O–H groups in total. The first-order valence-corrected chi connectivity index (χ1v) is 9.74. The molecule has 0 saturated heterocycles. The molecule has 1 aromatic carbocycles. The van der Waals surface area contributed by atoms with Crippen LogP contribution in [0.1, 0.15) is 33.3 Å². The van der Waals surface area contributed by atoms with Crippen molar-refractivity contribution in [2.24, 2.45) is 0 Å². The highest BCUT2D eigenvalue weighted by Gasteiger charge is 2.19. The normalized spacial score (nSPS) is 12.8. The lowest BCUT2D eigenvalue weighted by Gasteiger charge is -2.21. The van der Waals surface area contributed by atoms with E-state index in [-0.39, 0.29) is 16.7 Å². The molecule has 0 aliphatic heterocycles. The fraction of sp³-hybridized carbons (Fsp3) is 0.474. The number of methoxy groups -OCH3 is 1. The van der Waals surface area contributed by atoms with E-state index in [1.807, 2.05) is 52.0 Å². The van der Waals surface area contributed by atoms with E-state index in [1.165, 1.54) is 16.4 Å². The lowest BCUT2D eigenvalue weighted by atomic mass is 10.1. The highest BCUT2D eigenvalue weighted by Crippen LogP contribution is 2.28. The molecule has 0 aliphatic carbocycles. The Morgan fingerprint density at radius 3 is 2.50 bits per heavy atom. The summed E-state index contributed by atoms with van der Waals surface area (Å²) >= 11 is 7.75. The predicted molar refractivity (Wildman–Crippen MR) is 106 cm³/mol. The Morgan fingerprint density at radius 1 is 1.27 bits per heavy atom. The largest absolute Gasteiger partial charge is 0.488 e. The predicted octanol–water partition coefficient (Wildman–Crippen LogP) is 4.36. The summed E-state index contributed by atoms with van der Waals surface area (Å²) in [5.74, 6) is 1.49. The minimum absolute atomic E-state index is 0.000544. The number of benzene rings is 1. The quantitative estimate of drug-likeness (QED) is 0.651. The Labute approximate surface area is 163 Å². The zero-order valence-corrected chi connectivity index (χ0v) is 17.4. The third-order valence-corrected chi connectivity index (χ3v) is 5.15. The van der Waals surface area contributed by atoms with Crippen LogP contribution in [0.3, 0.4) is 0 Å². The first-order chi connectivity index (χ1) is 12.2. The van der Waals surface area contributed by atoms with Crippen LogP contribution in [-0.4, -0.2) is 29.6 Å². The minimum Gasteiger partial charge on any atom is -0.488 e. The van der Waals surface area contributed by atoms with Crippen molar-refractivity contribution < 1.29 is 9.47 Å². The molecule has 1 atom stereocenters. The van der Waals surface area contributed by atoms with E-state index in [0.717, 1.165) is 11.3 Å². The van der Waals surface area contributed by atoms with Crippen molar-refractivity contribution >= 4 is 23.4 Å². The molecule has 0 bridgehead atoms. The van der Waals surface area contributed by atoms with Gasteiger partial charge in [0.15, 0.2) is 0 Å². The molecule has 1 unspecified atom stereocenters. The van der Waals surface area contributed by atoms with Gasteiger partial charge in [-0.15, -0.1) is 11.8 Å². The van der Waals surface area contributed by atoms with E-state index in [9.17, 15) is 4.79 Å². The van der Waals surface area contributed by atoms with Crippen molar-refractivity contribution in [2.45, 2.75) is 50.0 Å². The fourth-order valence-electron chi connectivity index (χ4n) is 2.32. The summed E-state index contributed by atoms with van der Waals surface area (Å²) in [5, 5.41) is 4.47. The second kappa shape index (κ2) is 8.93. The molecule has 0 amide bonds. The van der Waals surface area contributed by atoms with Gasteiger partial charge in [0.1, 0.15) is 16.9 Å². The zero-order chi connectivity index (χ0) is 19.3. The van der Waals surface area contributed by atoms with Gasteiger partial charge in [-0.05, 0) is 45.4 Å². The standard InChI is InChI=1S/C19H25ClN2O3S/c1-13(11-24-5)25-15-8-6-14(7-9-15)12-26-16-10-21-22(19(2,3)4)18(23)17(16)20/h6-10,13H,11-12H2,1-5H3. The van der Waals surface area contributed by atoms with E-state index >= 15 is 0 Å². The minimum atomic E-state index is -0.403. The Hall–Kier alpha value is -1.50. The molecule has 0 aliphatic rings. The Kier molecular flexibility index (Phi) is 7.15. The summed E-state index contributed by atoms with van der Waals surface area (Å²) < 4.78 is 12.2. The van der Waals surface area contributed by atoms with Gasteiger partial charge >= 0.3 is 0 Å². The van der Waals surface area contributed by atoms with Crippen LogP contribution in [0.4, 0.5) is 0 Å². The topological polar surface area (TPSA) is 53.4 Å². The second-order valence-electron chi connectivity index (χ2n) is 7.03. The summed E-state index contributed by atoms with van der Waals surface area (Å²) in [6.07, 6.45) is 1.66. The smallest absolute Gasteiger partial charge is 0.287 e. The lowest BCUT2D eigenvalue weighted by Crippen LogP contribution is -2.36. The van der Waals surface area contributed by atoms with Gasteiger partial charge < -0.3 is 9.47 Å². The third-order valence-electron chi connectivity index (χ3n) is 3.58. The van der Waals surface area contributed by atoms with Crippen molar-refractivity contribution in [1.29, 1.82) is 0 Å². The Morgan fingerprint density at radius 2 is 1.92 bits per heavy atom. The maximum absolute atomic E-state index is 12.4. The summed E-state index contributed by atoms with van der Waals surface area (Å²) in [7, 11) is 1.65. The molecule has 5 nitrogen and oxygen atoms in total. The van der Waals surface area contributed by atoms with Crippen molar-refractivity contribution in [1.82, 2.24) is 9.78 Å². The molecule has 2 rings (SSSR count). The van der Waals surface area contributed by atoms with E-state index in [4.69, 9.17) is 21.1 Å². The molecule has 1 heterocycles. The van der Waals surface area contributed by atoms with Gasteiger partial charge in [-0.2, -0.15) is 5.10 Å². The molecule has 26 heavy (non-hydrogen) atoms. The van der Waals surface area contributed by atoms with Gasteiger partial charge in [-0.25, -0.2) is 4.68 Å². The van der Waals surface area contributed by atoms with Crippen LogP contribution < -0.4 is 10.3 Å². The van der Waals surface area contributed by atoms with Crippen molar-refractivity contribution in [3.63, 3.8) is 0 Å². The van der Waals surface area contributed by atoms with Gasteiger partial charge in [0.25, 0.3) is 5.56 Å². The molecule has 7 heteroatoms. The van der Waals surface area contributed by atoms with Crippen LogP contribution in [0.2, 0.25) is 5.02 Å². The van der Waals surface area contributed by atoms with Crippen molar-refractivity contribution in [2.75, 3.05) is 13.7 Å². The number of rotatable bonds is 7. The zero-order valence-electron chi connectivity index (χ0n) is 15.8. The van der Waals surface area contributed by atoms with Gasteiger partial charge in [0, 0.05) is 12.9 Å². The maximum atomic E-state index is 12.4. The monoisotopic (exact) mass is 396 g/mol. The summed E-state index contributed by atoms with van der Waals surface area (Å²) in [4.78, 5) is 13.1. The van der Waals surface area contributed by atoms with E-state index in [2.05, 4.69) is 5.10 Å². The molecule has 0 fully saturated rings. The van der Waals surface area contributed by atoms with Crippen LogP contribution in [0.15, 0.2) is 40.2 Å². The maximum Gasteiger partial charge on any atom is 0.287 e. The molecule has 0 saturated carbocycles. The SMILES string of the molecule is COCC(C)Oc1ccc(CSc2cnn(C(C)(C)C)c(=O)c2Cl)cc1. The van der Waals surface area contributed by atoms with Gasteiger partial charge in [-0.1, -0.05) is 23.7 Å². The number of ether oxygens (including phenoxy) is 2. The highest BCUT2D eigenvalue weighted by atomic mass is 35.5. The molecular formula is C19H25ClN2O3S. The first kappa shape index (κ1) is 20.8. The van der Waals surface area contributed by atoms with E-state index < -0.39 is 5.54 Å². The van der Waals surface area contributed by atoms with Crippen LogP contribution in [0.5, 0.6) is 5.75 Å². The summed E-state index contributed by atoms with van der Waals surface area (Å²) in [6, 6.07) is 7.86. The lowest BCUT2D eigenvalue weighted by molar-refractivity contribution is 0.0921. The Balaban J connectivity index is 2.03. The van der Waals surface area contributed by atoms with Crippen LogP contribution in [0, 0.1) is 0 Å². The van der Waals surface area contributed by atoms with Crippen molar-refractivity contribution in [3.05, 3.63) is 51.4 Å². The molecule has 142 valence electrons. The number of halogens is 1. The van der Waals surface area contributed by atoms with Crippen molar-refractivity contribution in [3.8, 4) is 5.75 Å². The van der Waals surface area contributed by atoms with Gasteiger partial charge in [0.05, 0.1) is 23.2 Å². The van der Waals surface area contributed by atoms with Gasteiger partial charge in [-0.3, -0.25) is 4.79 Å². The second-order valence-corrected chi connectivity index (χ2v) is 8.42. The summed E-state index contributed by atoms with van der Waals surface area (Å²) in [5.41, 5.74) is 0.442. The molecule has 0 spiro atoms. The Bertz CT molecular complexity index is 785. The average molecular weight is 397 g/mol. The highest BCUT2D eigenvalue weighted by molar-refractivity contribution is 7.98. The van der Waals surface area contributed by atoms with Crippen LogP contribution in [0.25, 0.3) is 0 Å². The molecule has 1 aromatic heterocycles. The first-order valence-electron chi connectivity index (χ1n) is 8.38. The molecule has 2 aromatic rings. The van der Waals surface area contributed by atoms with Crippen LogP contribution >= 0.6 is 23.4 Å². The fourth-order valence-corrected chi connectivity index (χ4v) is 3.47. The number of aromatic nitrogens is 2. The van der Waals surface area contributed by atoms with Crippen LogP contribution in [-0.2, 0) is 16.0 Å². The molecular weight excluding hydrogens is 372 g/mol. The molecule has 0 radical (unpaired) electrons. The summed E-state index contributed by atoms with van der Waals surface area (Å²) in [6.45, 7) is 8.26. The van der Waals surface area contributed by atoms with E-state index in [0.29, 0.717) is 17.3 Å². The number of hydrogen-bond acceptors (Lipinski definition) is 5.